The molecule has 1 heterocycles. The first kappa shape index (κ1) is 25.0. The van der Waals surface area contributed by atoms with E-state index in [1.807, 2.05) is 60.7 Å². The van der Waals surface area contributed by atoms with Crippen LogP contribution in [-0.2, 0) is 4.79 Å². The number of non-ortho nitro benzene ring substituents is 1. The zero-order chi connectivity index (χ0) is 26.3. The Labute approximate surface area is 225 Å². The van der Waals surface area contributed by atoms with Gasteiger partial charge in [0, 0.05) is 50.6 Å². The first-order valence-corrected chi connectivity index (χ1v) is 12.6. The lowest BCUT2D eigenvalue weighted by molar-refractivity contribution is -0.384. The number of allylic oxidation sites excluding steroid dienone is 4. The average molecular weight is 531 g/mol. The van der Waals surface area contributed by atoms with E-state index >= 15 is 0 Å². The lowest BCUT2D eigenvalue weighted by Gasteiger charge is -2.40. The molecular weight excluding hydrogens is 507 g/mol. The minimum Gasteiger partial charge on any atom is -0.358 e. The zero-order valence-corrected chi connectivity index (χ0v) is 21.8. The highest BCUT2D eigenvalue weighted by Gasteiger charge is 2.42. The van der Waals surface area contributed by atoms with E-state index in [1.165, 1.54) is 12.1 Å². The van der Waals surface area contributed by atoms with E-state index < -0.39 is 10.3 Å². The van der Waals surface area contributed by atoms with Gasteiger partial charge in [-0.3, -0.25) is 14.9 Å². The third-order valence-electron chi connectivity index (χ3n) is 6.89. The predicted octanol–water partition coefficient (Wildman–Crippen LogP) is 7.97. The number of nitro benzene ring substituents is 1. The summed E-state index contributed by atoms with van der Waals surface area (Å²) in [4.78, 5) is 25.0. The molecular formula is C30H24Cl2N2O3. The van der Waals surface area contributed by atoms with Gasteiger partial charge in [0.2, 0.25) is 0 Å². The molecule has 1 unspecified atom stereocenters. The number of rotatable bonds is 4. The molecule has 0 aromatic heterocycles. The summed E-state index contributed by atoms with van der Waals surface area (Å²) < 4.78 is 0. The molecule has 0 fully saturated rings. The van der Waals surface area contributed by atoms with Crippen molar-refractivity contribution in [2.75, 3.05) is 0 Å². The number of ketones is 1. The minimum atomic E-state index is -0.426. The molecule has 0 saturated heterocycles. The molecule has 186 valence electrons. The molecule has 37 heavy (non-hydrogen) atoms. The molecule has 5 rings (SSSR count). The van der Waals surface area contributed by atoms with Crippen LogP contribution in [0.25, 0.3) is 11.8 Å². The number of dihydropyridines is 1. The van der Waals surface area contributed by atoms with E-state index in [9.17, 15) is 14.9 Å². The van der Waals surface area contributed by atoms with Gasteiger partial charge in [-0.25, -0.2) is 0 Å². The van der Waals surface area contributed by atoms with Crippen molar-refractivity contribution in [3.8, 4) is 0 Å². The number of Topliss-reactive ketones (excluding diaryl/α,β-unsaturated/α-hetero) is 1. The second-order valence-electron chi connectivity index (χ2n) is 9.93. The van der Waals surface area contributed by atoms with Crippen LogP contribution in [0, 0.1) is 15.5 Å². The number of nitro groups is 1. The number of carbonyl (C=O) groups is 1. The van der Waals surface area contributed by atoms with Gasteiger partial charge in [0.05, 0.1) is 4.92 Å². The Hall–Kier alpha value is -3.67. The van der Waals surface area contributed by atoms with Gasteiger partial charge < -0.3 is 5.32 Å². The highest BCUT2D eigenvalue weighted by molar-refractivity contribution is 6.30. The lowest BCUT2D eigenvalue weighted by atomic mass is 9.67. The van der Waals surface area contributed by atoms with E-state index in [1.54, 1.807) is 12.1 Å². The molecule has 0 saturated carbocycles. The van der Waals surface area contributed by atoms with E-state index in [2.05, 4.69) is 19.2 Å². The Morgan fingerprint density at radius 2 is 1.54 bits per heavy atom. The quantitative estimate of drug-likeness (QED) is 0.211. The highest BCUT2D eigenvalue weighted by Crippen LogP contribution is 2.48. The summed E-state index contributed by atoms with van der Waals surface area (Å²) in [5.74, 6) is -0.414. The Morgan fingerprint density at radius 3 is 2.14 bits per heavy atom. The summed E-state index contributed by atoms with van der Waals surface area (Å²) in [6.07, 6.45) is 4.58. The first-order chi connectivity index (χ1) is 17.6. The fraction of sp³-hybridized carbons (Fsp3) is 0.167. The van der Waals surface area contributed by atoms with Crippen LogP contribution >= 0.6 is 23.2 Å². The Balaban J connectivity index is 1.63. The number of carbonyl (C=O) groups excluding carboxylic acids is 1. The molecule has 0 spiro atoms. The molecule has 7 heteroatoms. The second-order valence-corrected chi connectivity index (χ2v) is 10.8. The number of benzene rings is 3. The molecule has 3 aromatic carbocycles. The largest absolute Gasteiger partial charge is 0.358 e. The summed E-state index contributed by atoms with van der Waals surface area (Å²) in [5.41, 5.74) is 5.33. The molecule has 1 aliphatic heterocycles. The monoisotopic (exact) mass is 530 g/mol. The van der Waals surface area contributed by atoms with Gasteiger partial charge in [-0.15, -0.1) is 0 Å². The van der Waals surface area contributed by atoms with E-state index in [0.29, 0.717) is 27.6 Å². The normalized spacial score (nSPS) is 19.8. The summed E-state index contributed by atoms with van der Waals surface area (Å²) in [6, 6.07) is 21.3. The first-order valence-electron chi connectivity index (χ1n) is 11.9. The maximum Gasteiger partial charge on any atom is 0.269 e. The van der Waals surface area contributed by atoms with Gasteiger partial charge in [-0.1, -0.05) is 73.4 Å². The lowest BCUT2D eigenvalue weighted by Crippen LogP contribution is -2.37. The standard InChI is InChI=1S/C30H24Cl2N2O3/c1-30(2)17-27-28(29(35)25(30)15-18-3-9-21(31)10-4-18)24(19-7-13-23(14-8-19)34(36)37)16-26(33-27)20-5-11-22(32)12-6-20/h3-16,24,33H,17H2,1-2H3/b25-15+. The molecule has 2 aliphatic rings. The van der Waals surface area contributed by atoms with Gasteiger partial charge in [0.15, 0.2) is 5.78 Å². The third kappa shape index (κ3) is 4.97. The van der Waals surface area contributed by atoms with E-state index in [4.69, 9.17) is 23.2 Å². The molecule has 1 atom stereocenters. The topological polar surface area (TPSA) is 72.2 Å². The molecule has 0 radical (unpaired) electrons. The van der Waals surface area contributed by atoms with Crippen molar-refractivity contribution in [2.45, 2.75) is 26.2 Å². The van der Waals surface area contributed by atoms with Gasteiger partial charge in [0.1, 0.15) is 0 Å². The molecule has 0 bridgehead atoms. The number of nitrogens with zero attached hydrogens (tertiary/aromatic N) is 1. The fourth-order valence-electron chi connectivity index (χ4n) is 4.97. The van der Waals surface area contributed by atoms with Crippen LogP contribution in [0.1, 0.15) is 42.9 Å². The molecule has 3 aromatic rings. The van der Waals surface area contributed by atoms with Crippen molar-refractivity contribution in [3.63, 3.8) is 0 Å². The van der Waals surface area contributed by atoms with Crippen molar-refractivity contribution in [2.24, 2.45) is 5.41 Å². The Kier molecular flexibility index (Phi) is 6.52. The maximum atomic E-state index is 14.1. The SMILES string of the molecule is CC1(C)CC2=C(C(=O)/C1=C\c1ccc(Cl)cc1)C(c1ccc([N+](=O)[O-])cc1)C=C(c1ccc(Cl)cc1)N2. The summed E-state index contributed by atoms with van der Waals surface area (Å²) in [6.45, 7) is 4.14. The van der Waals surface area contributed by atoms with Crippen LogP contribution in [-0.4, -0.2) is 10.7 Å². The second kappa shape index (κ2) is 9.66. The van der Waals surface area contributed by atoms with Crippen molar-refractivity contribution in [1.29, 1.82) is 0 Å². The van der Waals surface area contributed by atoms with Crippen LogP contribution in [0.3, 0.4) is 0 Å². The van der Waals surface area contributed by atoms with Crippen LogP contribution in [0.5, 0.6) is 0 Å². The fourth-order valence-corrected chi connectivity index (χ4v) is 5.22. The van der Waals surface area contributed by atoms with Gasteiger partial charge >= 0.3 is 0 Å². The average Bonchev–Trinajstić information content (AvgIpc) is 2.87. The van der Waals surface area contributed by atoms with Crippen LogP contribution in [0.15, 0.2) is 95.7 Å². The van der Waals surface area contributed by atoms with Crippen LogP contribution < -0.4 is 5.32 Å². The number of hydrogen-bond donors (Lipinski definition) is 1. The van der Waals surface area contributed by atoms with Crippen molar-refractivity contribution >= 4 is 46.4 Å². The minimum absolute atomic E-state index is 0.00761. The Morgan fingerprint density at radius 1 is 0.946 bits per heavy atom. The van der Waals surface area contributed by atoms with Crippen molar-refractivity contribution < 1.29 is 9.72 Å². The van der Waals surface area contributed by atoms with Crippen molar-refractivity contribution in [1.82, 2.24) is 5.32 Å². The Bertz CT molecular complexity index is 1480. The molecule has 5 nitrogen and oxygen atoms in total. The van der Waals surface area contributed by atoms with Crippen molar-refractivity contribution in [3.05, 3.63) is 133 Å². The summed E-state index contributed by atoms with van der Waals surface area (Å²) >= 11 is 12.2. The van der Waals surface area contributed by atoms with E-state index in [-0.39, 0.29) is 17.4 Å². The van der Waals surface area contributed by atoms with Gasteiger partial charge in [-0.05, 0) is 64.9 Å². The molecule has 1 N–H and O–H groups in total. The summed E-state index contributed by atoms with van der Waals surface area (Å²) in [5, 5.41) is 16.0. The number of hydrogen-bond acceptors (Lipinski definition) is 4. The molecule has 1 aliphatic carbocycles. The number of nitrogens with one attached hydrogen (secondary N) is 1. The summed E-state index contributed by atoms with van der Waals surface area (Å²) in [7, 11) is 0. The van der Waals surface area contributed by atoms with Crippen LogP contribution in [0.2, 0.25) is 10.0 Å². The zero-order valence-electron chi connectivity index (χ0n) is 20.3. The molecule has 0 amide bonds. The third-order valence-corrected chi connectivity index (χ3v) is 7.40. The predicted molar refractivity (Wildman–Crippen MR) is 148 cm³/mol. The highest BCUT2D eigenvalue weighted by atomic mass is 35.5. The van der Waals surface area contributed by atoms with Gasteiger partial charge in [0.25, 0.3) is 5.69 Å². The number of halogens is 2. The smallest absolute Gasteiger partial charge is 0.269 e. The van der Waals surface area contributed by atoms with Crippen LogP contribution in [0.4, 0.5) is 5.69 Å². The van der Waals surface area contributed by atoms with E-state index in [0.717, 1.165) is 28.1 Å². The van der Waals surface area contributed by atoms with Gasteiger partial charge in [-0.2, -0.15) is 0 Å². The maximum absolute atomic E-state index is 14.1.